The molecule has 1 saturated heterocycles. The fraction of sp³-hybridized carbons (Fsp3) is 0.421. The Hall–Kier alpha value is -1.61. The predicted molar refractivity (Wildman–Crippen MR) is 114 cm³/mol. The lowest BCUT2D eigenvalue weighted by molar-refractivity contribution is -0.132. The summed E-state index contributed by atoms with van der Waals surface area (Å²) in [6.07, 6.45) is 0.375. The molecule has 0 unspecified atom stereocenters. The number of carbonyl (C=O) groups excluding carboxylic acids is 1. The van der Waals surface area contributed by atoms with Crippen molar-refractivity contribution in [2.24, 2.45) is 0 Å². The standard InChI is InChI=1S/C19H24ClN3O3S2/c1-14-11-15(2)13-16(12-14)21-6-5-18(24)22-7-9-23(10-8-22)28(25,26)19-4-3-17(20)27-19/h3-4,11-13,21H,5-10H2,1-2H3. The Morgan fingerprint density at radius 1 is 1.11 bits per heavy atom. The second-order valence-corrected chi connectivity index (χ2v) is 10.8. The van der Waals surface area contributed by atoms with E-state index < -0.39 is 10.0 Å². The second-order valence-electron chi connectivity index (χ2n) is 6.90. The number of nitrogens with zero attached hydrogens (tertiary/aromatic N) is 2. The summed E-state index contributed by atoms with van der Waals surface area (Å²) in [6, 6.07) is 9.32. The number of thiophene rings is 1. The number of nitrogens with one attached hydrogen (secondary N) is 1. The first-order valence-electron chi connectivity index (χ1n) is 9.11. The van der Waals surface area contributed by atoms with Gasteiger partial charge in [-0.2, -0.15) is 4.31 Å². The van der Waals surface area contributed by atoms with Crippen LogP contribution in [0, 0.1) is 13.8 Å². The average molecular weight is 442 g/mol. The molecule has 28 heavy (non-hydrogen) atoms. The summed E-state index contributed by atoms with van der Waals surface area (Å²) in [4.78, 5) is 14.2. The number of hydrogen-bond donors (Lipinski definition) is 1. The molecule has 0 aliphatic carbocycles. The van der Waals surface area contributed by atoms with E-state index in [2.05, 4.69) is 23.5 Å². The van der Waals surface area contributed by atoms with Crippen LogP contribution in [-0.4, -0.2) is 56.3 Å². The maximum atomic E-state index is 12.6. The number of amides is 1. The van der Waals surface area contributed by atoms with Crippen LogP contribution in [0.15, 0.2) is 34.5 Å². The van der Waals surface area contributed by atoms with Gasteiger partial charge in [-0.25, -0.2) is 8.42 Å². The van der Waals surface area contributed by atoms with Gasteiger partial charge in [-0.1, -0.05) is 17.7 Å². The summed E-state index contributed by atoms with van der Waals surface area (Å²) in [7, 11) is -3.53. The molecule has 0 atom stereocenters. The maximum Gasteiger partial charge on any atom is 0.252 e. The number of benzene rings is 1. The van der Waals surface area contributed by atoms with Crippen LogP contribution in [-0.2, 0) is 14.8 Å². The largest absolute Gasteiger partial charge is 0.385 e. The lowest BCUT2D eigenvalue weighted by atomic mass is 10.1. The molecular weight excluding hydrogens is 418 g/mol. The van der Waals surface area contributed by atoms with Gasteiger partial charge in [-0.3, -0.25) is 4.79 Å². The lowest BCUT2D eigenvalue weighted by Gasteiger charge is -2.33. The van der Waals surface area contributed by atoms with Crippen molar-refractivity contribution in [3.05, 3.63) is 45.8 Å². The Kier molecular flexibility index (Phi) is 6.65. The summed E-state index contributed by atoms with van der Waals surface area (Å²) in [5, 5.41) is 3.29. The molecular formula is C19H24ClN3O3S2. The molecule has 0 radical (unpaired) electrons. The van der Waals surface area contributed by atoms with Gasteiger partial charge in [0, 0.05) is 44.8 Å². The van der Waals surface area contributed by atoms with Crippen LogP contribution in [0.25, 0.3) is 0 Å². The number of rotatable bonds is 6. The van der Waals surface area contributed by atoms with Crippen molar-refractivity contribution in [2.75, 3.05) is 38.0 Å². The summed E-state index contributed by atoms with van der Waals surface area (Å²) in [5.74, 6) is 0.0353. The fourth-order valence-electron chi connectivity index (χ4n) is 3.29. The van der Waals surface area contributed by atoms with Crippen LogP contribution < -0.4 is 5.32 Å². The topological polar surface area (TPSA) is 69.7 Å². The molecule has 152 valence electrons. The van der Waals surface area contributed by atoms with Crippen molar-refractivity contribution in [1.82, 2.24) is 9.21 Å². The molecule has 1 aromatic carbocycles. The molecule has 1 aliphatic heterocycles. The molecule has 1 aliphatic rings. The molecule has 0 spiro atoms. The lowest BCUT2D eigenvalue weighted by Crippen LogP contribution is -2.50. The molecule has 1 aromatic heterocycles. The molecule has 6 nitrogen and oxygen atoms in total. The minimum Gasteiger partial charge on any atom is -0.385 e. The van der Waals surface area contributed by atoms with Gasteiger partial charge in [-0.15, -0.1) is 11.3 Å². The quantitative estimate of drug-likeness (QED) is 0.746. The summed E-state index contributed by atoms with van der Waals surface area (Å²) in [6.45, 7) is 6.04. The number of anilines is 1. The van der Waals surface area contributed by atoms with Crippen molar-refractivity contribution in [3.8, 4) is 0 Å². The zero-order valence-electron chi connectivity index (χ0n) is 15.9. The number of sulfonamides is 1. The Morgan fingerprint density at radius 3 is 2.32 bits per heavy atom. The van der Waals surface area contributed by atoms with Crippen LogP contribution in [0.2, 0.25) is 4.34 Å². The minimum absolute atomic E-state index is 0.0353. The zero-order chi connectivity index (χ0) is 20.3. The summed E-state index contributed by atoms with van der Waals surface area (Å²) >= 11 is 6.91. The molecule has 1 fully saturated rings. The highest BCUT2D eigenvalue weighted by Gasteiger charge is 2.30. The molecule has 9 heteroatoms. The van der Waals surface area contributed by atoms with Crippen molar-refractivity contribution in [3.63, 3.8) is 0 Å². The van der Waals surface area contributed by atoms with Gasteiger partial charge in [0.1, 0.15) is 4.21 Å². The van der Waals surface area contributed by atoms with Gasteiger partial charge in [0.05, 0.1) is 4.34 Å². The van der Waals surface area contributed by atoms with Crippen molar-refractivity contribution in [2.45, 2.75) is 24.5 Å². The Balaban J connectivity index is 1.48. The molecule has 1 N–H and O–H groups in total. The number of carbonyl (C=O) groups is 1. The van der Waals surface area contributed by atoms with Gasteiger partial charge in [0.15, 0.2) is 0 Å². The van der Waals surface area contributed by atoms with Crippen molar-refractivity contribution in [1.29, 1.82) is 0 Å². The molecule has 1 amide bonds. The smallest absolute Gasteiger partial charge is 0.252 e. The van der Waals surface area contributed by atoms with Crippen LogP contribution in [0.1, 0.15) is 17.5 Å². The maximum absolute atomic E-state index is 12.6. The van der Waals surface area contributed by atoms with Crippen LogP contribution in [0.4, 0.5) is 5.69 Å². The van der Waals surface area contributed by atoms with E-state index in [9.17, 15) is 13.2 Å². The van der Waals surface area contributed by atoms with E-state index in [1.807, 2.05) is 13.8 Å². The molecule has 0 bridgehead atoms. The summed E-state index contributed by atoms with van der Waals surface area (Å²) < 4.78 is 27.4. The van der Waals surface area contributed by atoms with Gasteiger partial charge < -0.3 is 10.2 Å². The average Bonchev–Trinajstić information content (AvgIpc) is 3.08. The van der Waals surface area contributed by atoms with E-state index in [1.165, 1.54) is 21.5 Å². The number of piperazine rings is 1. The van der Waals surface area contributed by atoms with E-state index in [0.717, 1.165) is 17.0 Å². The molecule has 2 aromatic rings. The van der Waals surface area contributed by atoms with Gasteiger partial charge in [0.2, 0.25) is 5.91 Å². The monoisotopic (exact) mass is 441 g/mol. The highest BCUT2D eigenvalue weighted by Crippen LogP contribution is 2.28. The van der Waals surface area contributed by atoms with Crippen LogP contribution in [0.5, 0.6) is 0 Å². The first kappa shape index (κ1) is 21.1. The number of halogens is 1. The number of hydrogen-bond acceptors (Lipinski definition) is 5. The molecule has 3 rings (SSSR count). The third kappa shape index (κ3) is 5.05. The van der Waals surface area contributed by atoms with E-state index in [4.69, 9.17) is 11.6 Å². The SMILES string of the molecule is Cc1cc(C)cc(NCCC(=O)N2CCN(S(=O)(=O)c3ccc(Cl)s3)CC2)c1. The third-order valence-corrected chi connectivity index (χ3v) is 8.22. The fourth-order valence-corrected chi connectivity index (χ4v) is 6.35. The highest BCUT2D eigenvalue weighted by molar-refractivity contribution is 7.91. The summed E-state index contributed by atoms with van der Waals surface area (Å²) in [5.41, 5.74) is 3.37. The third-order valence-electron chi connectivity index (χ3n) is 4.62. The molecule has 0 saturated carbocycles. The normalized spacial score (nSPS) is 15.6. The van der Waals surface area contributed by atoms with E-state index in [-0.39, 0.29) is 10.1 Å². The Bertz CT molecular complexity index is 931. The number of aryl methyl sites for hydroxylation is 2. The first-order valence-corrected chi connectivity index (χ1v) is 11.7. The minimum atomic E-state index is -3.53. The second kappa shape index (κ2) is 8.82. The van der Waals surface area contributed by atoms with E-state index in [0.29, 0.717) is 43.5 Å². The van der Waals surface area contributed by atoms with Crippen molar-refractivity contribution < 1.29 is 13.2 Å². The van der Waals surface area contributed by atoms with Gasteiger partial charge in [-0.05, 0) is 49.2 Å². The van der Waals surface area contributed by atoms with Crippen LogP contribution in [0.3, 0.4) is 0 Å². The predicted octanol–water partition coefficient (Wildman–Crippen LogP) is 3.35. The van der Waals surface area contributed by atoms with Crippen LogP contribution >= 0.6 is 22.9 Å². The van der Waals surface area contributed by atoms with Crippen molar-refractivity contribution >= 4 is 44.6 Å². The Labute approximate surface area is 175 Å². The van der Waals surface area contributed by atoms with E-state index in [1.54, 1.807) is 11.0 Å². The zero-order valence-corrected chi connectivity index (χ0v) is 18.3. The van der Waals surface area contributed by atoms with E-state index >= 15 is 0 Å². The highest BCUT2D eigenvalue weighted by atomic mass is 35.5. The Morgan fingerprint density at radius 2 is 1.75 bits per heavy atom. The molecule has 2 heterocycles. The van der Waals surface area contributed by atoms with Gasteiger partial charge >= 0.3 is 0 Å². The van der Waals surface area contributed by atoms with Gasteiger partial charge in [0.25, 0.3) is 10.0 Å². The first-order chi connectivity index (χ1) is 13.3.